The van der Waals surface area contributed by atoms with E-state index in [1.165, 1.54) is 0 Å². The van der Waals surface area contributed by atoms with Crippen LogP contribution in [0.2, 0.25) is 0 Å². The number of fused-ring (bicyclic) bond motifs is 1. The van der Waals surface area contributed by atoms with Gasteiger partial charge in [-0.3, -0.25) is 9.59 Å². The number of anilines is 2. The minimum atomic E-state index is -0.0882. The number of carbonyl (C=O) groups is 2. The van der Waals surface area contributed by atoms with Crippen LogP contribution in [0.1, 0.15) is 6.42 Å². The molecule has 1 N–H and O–H groups in total. The summed E-state index contributed by atoms with van der Waals surface area (Å²) in [6.45, 7) is 0.398. The molecule has 1 heterocycles. The molecule has 0 aromatic heterocycles. The molecule has 0 bridgehead atoms. The van der Waals surface area contributed by atoms with Gasteiger partial charge in [0.25, 0.3) is 0 Å². The minimum Gasteiger partial charge on any atom is -0.326 e. The molecule has 2 aromatic carbocycles. The molecule has 0 fully saturated rings. The zero-order valence-corrected chi connectivity index (χ0v) is 12.8. The van der Waals surface area contributed by atoms with Crippen LogP contribution in [0.15, 0.2) is 59.5 Å². The van der Waals surface area contributed by atoms with Gasteiger partial charge in [0.15, 0.2) is 0 Å². The Bertz CT molecular complexity index is 688. The minimum absolute atomic E-state index is 0.0520. The molecule has 1 aliphatic rings. The third kappa shape index (κ3) is 3.31. The lowest BCUT2D eigenvalue weighted by Crippen LogP contribution is -2.37. The Labute approximate surface area is 133 Å². The Morgan fingerprint density at radius 3 is 2.64 bits per heavy atom. The van der Waals surface area contributed by atoms with E-state index in [-0.39, 0.29) is 18.2 Å². The van der Waals surface area contributed by atoms with Crippen molar-refractivity contribution >= 4 is 35.0 Å². The van der Waals surface area contributed by atoms with E-state index in [0.29, 0.717) is 12.3 Å². The molecule has 0 unspecified atom stereocenters. The number of para-hydroxylation sites is 2. The molecule has 2 amide bonds. The SMILES string of the molecule is O=C(CCN1C(=O)CSc2ccccc21)Nc1ccccc1. The topological polar surface area (TPSA) is 49.4 Å². The first-order valence-corrected chi connectivity index (χ1v) is 8.10. The number of nitrogens with zero attached hydrogens (tertiary/aromatic N) is 1. The van der Waals surface area contributed by atoms with Gasteiger partial charge in [-0.25, -0.2) is 0 Å². The van der Waals surface area contributed by atoms with Gasteiger partial charge in [-0.15, -0.1) is 11.8 Å². The van der Waals surface area contributed by atoms with Gasteiger partial charge in [0.1, 0.15) is 0 Å². The molecule has 0 radical (unpaired) electrons. The van der Waals surface area contributed by atoms with Gasteiger partial charge in [0.05, 0.1) is 11.4 Å². The predicted octanol–water partition coefficient (Wildman–Crippen LogP) is 3.15. The molecule has 0 spiro atoms. The van der Waals surface area contributed by atoms with E-state index in [2.05, 4.69) is 5.32 Å². The number of nitrogens with one attached hydrogen (secondary N) is 1. The number of thioether (sulfide) groups is 1. The molecule has 112 valence electrons. The number of benzene rings is 2. The molecule has 3 rings (SSSR count). The zero-order valence-electron chi connectivity index (χ0n) is 12.0. The largest absolute Gasteiger partial charge is 0.326 e. The smallest absolute Gasteiger partial charge is 0.237 e. The van der Waals surface area contributed by atoms with Crippen molar-refractivity contribution in [2.24, 2.45) is 0 Å². The lowest BCUT2D eigenvalue weighted by Gasteiger charge is -2.28. The number of amides is 2. The zero-order chi connectivity index (χ0) is 15.4. The van der Waals surface area contributed by atoms with Crippen LogP contribution in [-0.4, -0.2) is 24.1 Å². The summed E-state index contributed by atoms with van der Waals surface area (Å²) >= 11 is 1.55. The average molecular weight is 312 g/mol. The summed E-state index contributed by atoms with van der Waals surface area (Å²) in [5.74, 6) is 0.392. The molecule has 2 aromatic rings. The van der Waals surface area contributed by atoms with Gasteiger partial charge >= 0.3 is 0 Å². The highest BCUT2D eigenvalue weighted by molar-refractivity contribution is 8.00. The van der Waals surface area contributed by atoms with Gasteiger partial charge in [-0.2, -0.15) is 0 Å². The van der Waals surface area contributed by atoms with Crippen molar-refractivity contribution in [3.8, 4) is 0 Å². The number of rotatable bonds is 4. The summed E-state index contributed by atoms with van der Waals surface area (Å²) in [4.78, 5) is 26.9. The molecule has 0 atom stereocenters. The summed E-state index contributed by atoms with van der Waals surface area (Å²) in [6, 6.07) is 17.1. The number of hydrogen-bond acceptors (Lipinski definition) is 3. The van der Waals surface area contributed by atoms with Crippen LogP contribution in [0.3, 0.4) is 0 Å². The van der Waals surface area contributed by atoms with Crippen LogP contribution in [0.5, 0.6) is 0 Å². The highest BCUT2D eigenvalue weighted by Crippen LogP contribution is 2.34. The van der Waals surface area contributed by atoms with Crippen LogP contribution < -0.4 is 10.2 Å². The van der Waals surface area contributed by atoms with Crippen LogP contribution in [0.4, 0.5) is 11.4 Å². The van der Waals surface area contributed by atoms with E-state index < -0.39 is 0 Å². The monoisotopic (exact) mass is 312 g/mol. The molecule has 0 saturated heterocycles. The van der Waals surface area contributed by atoms with Crippen LogP contribution >= 0.6 is 11.8 Å². The Kier molecular flexibility index (Phi) is 4.44. The van der Waals surface area contributed by atoms with Crippen molar-refractivity contribution in [2.75, 3.05) is 22.5 Å². The summed E-state index contributed by atoms with van der Waals surface area (Å²) in [5, 5.41) is 2.84. The Balaban J connectivity index is 1.64. The third-order valence-corrected chi connectivity index (χ3v) is 4.48. The van der Waals surface area contributed by atoms with Crippen LogP contribution in [-0.2, 0) is 9.59 Å². The van der Waals surface area contributed by atoms with E-state index in [4.69, 9.17) is 0 Å². The molecule has 22 heavy (non-hydrogen) atoms. The van der Waals surface area contributed by atoms with Crippen molar-refractivity contribution in [2.45, 2.75) is 11.3 Å². The van der Waals surface area contributed by atoms with Crippen molar-refractivity contribution in [3.63, 3.8) is 0 Å². The van der Waals surface area contributed by atoms with Crippen molar-refractivity contribution in [3.05, 3.63) is 54.6 Å². The standard InChI is InChI=1S/C17H16N2O2S/c20-16(18-13-6-2-1-3-7-13)10-11-19-14-8-4-5-9-15(14)22-12-17(19)21/h1-9H,10-12H2,(H,18,20). The normalized spacial score (nSPS) is 13.6. The first kappa shape index (κ1) is 14.7. The molecular weight excluding hydrogens is 296 g/mol. The summed E-state index contributed by atoms with van der Waals surface area (Å²) < 4.78 is 0. The lowest BCUT2D eigenvalue weighted by molar-refractivity contribution is -0.117. The first-order chi connectivity index (χ1) is 10.7. The summed E-state index contributed by atoms with van der Waals surface area (Å²) in [6.07, 6.45) is 0.277. The van der Waals surface area contributed by atoms with Crippen molar-refractivity contribution in [1.82, 2.24) is 0 Å². The van der Waals surface area contributed by atoms with E-state index in [1.54, 1.807) is 16.7 Å². The molecule has 0 aliphatic carbocycles. The van der Waals surface area contributed by atoms with E-state index >= 15 is 0 Å². The van der Waals surface area contributed by atoms with Crippen LogP contribution in [0, 0.1) is 0 Å². The second-order valence-electron chi connectivity index (χ2n) is 4.97. The fourth-order valence-corrected chi connectivity index (χ4v) is 3.29. The van der Waals surface area contributed by atoms with Gasteiger partial charge in [-0.1, -0.05) is 30.3 Å². The fourth-order valence-electron chi connectivity index (χ4n) is 2.36. The second kappa shape index (κ2) is 6.66. The molecular formula is C17H16N2O2S. The molecule has 5 heteroatoms. The maximum absolute atomic E-state index is 12.1. The van der Waals surface area contributed by atoms with Gasteiger partial charge in [0, 0.05) is 23.5 Å². The maximum atomic E-state index is 12.1. The third-order valence-electron chi connectivity index (χ3n) is 3.43. The van der Waals surface area contributed by atoms with E-state index in [9.17, 15) is 9.59 Å². The average Bonchev–Trinajstić information content (AvgIpc) is 2.55. The summed E-state index contributed by atoms with van der Waals surface area (Å²) in [7, 11) is 0. The van der Waals surface area contributed by atoms with Gasteiger partial charge < -0.3 is 10.2 Å². The number of carbonyl (C=O) groups excluding carboxylic acids is 2. The molecule has 0 saturated carbocycles. The van der Waals surface area contributed by atoms with E-state index in [1.807, 2.05) is 54.6 Å². The fraction of sp³-hybridized carbons (Fsp3) is 0.176. The molecule has 4 nitrogen and oxygen atoms in total. The highest BCUT2D eigenvalue weighted by Gasteiger charge is 2.24. The summed E-state index contributed by atoms with van der Waals surface area (Å²) in [5.41, 5.74) is 1.67. The van der Waals surface area contributed by atoms with Crippen molar-refractivity contribution in [1.29, 1.82) is 0 Å². The Morgan fingerprint density at radius 1 is 1.09 bits per heavy atom. The second-order valence-corrected chi connectivity index (χ2v) is 5.98. The molecule has 1 aliphatic heterocycles. The quantitative estimate of drug-likeness (QED) is 0.943. The number of hydrogen-bond donors (Lipinski definition) is 1. The highest BCUT2D eigenvalue weighted by atomic mass is 32.2. The van der Waals surface area contributed by atoms with Gasteiger partial charge in [-0.05, 0) is 24.3 Å². The predicted molar refractivity (Wildman–Crippen MR) is 89.2 cm³/mol. The first-order valence-electron chi connectivity index (χ1n) is 7.11. The Hall–Kier alpha value is -2.27. The Morgan fingerprint density at radius 2 is 1.82 bits per heavy atom. The lowest BCUT2D eigenvalue weighted by atomic mass is 10.2. The van der Waals surface area contributed by atoms with E-state index in [0.717, 1.165) is 16.3 Å². The van der Waals surface area contributed by atoms with Gasteiger partial charge in [0.2, 0.25) is 11.8 Å². The van der Waals surface area contributed by atoms with Crippen molar-refractivity contribution < 1.29 is 9.59 Å². The maximum Gasteiger partial charge on any atom is 0.237 e. The van der Waals surface area contributed by atoms with Crippen LogP contribution in [0.25, 0.3) is 0 Å².